The second-order valence-electron chi connectivity index (χ2n) is 26.9. The molecule has 0 radical (unpaired) electrons. The highest BCUT2D eigenvalue weighted by atomic mass is 32.1. The molecule has 6 aliphatic rings. The second-order valence-corrected chi connectivity index (χ2v) is 27.9. The molecule has 2 saturated carbocycles. The highest BCUT2D eigenvalue weighted by Crippen LogP contribution is 2.43. The van der Waals surface area contributed by atoms with Crippen LogP contribution in [0.25, 0.3) is 10.6 Å². The van der Waals surface area contributed by atoms with Gasteiger partial charge in [0.1, 0.15) is 52.9 Å². The summed E-state index contributed by atoms with van der Waals surface area (Å²) >= 11 is 1.56. The van der Waals surface area contributed by atoms with E-state index in [-0.39, 0.29) is 41.8 Å². The summed E-state index contributed by atoms with van der Waals surface area (Å²) in [5.41, 5.74) is 7.69. The van der Waals surface area contributed by atoms with Gasteiger partial charge < -0.3 is 102 Å². The van der Waals surface area contributed by atoms with Crippen LogP contribution in [0.1, 0.15) is 120 Å². The fourth-order valence-electron chi connectivity index (χ4n) is 14.5. The molecule has 95 heavy (non-hydrogen) atoms. The molecule has 16 N–H and O–H groups in total. The van der Waals surface area contributed by atoms with E-state index in [1.165, 1.54) is 58.1 Å². The van der Waals surface area contributed by atoms with Crippen LogP contribution in [-0.4, -0.2) is 251 Å². The number of nitrogens with two attached hydrogens (primary N) is 1. The van der Waals surface area contributed by atoms with Crippen molar-refractivity contribution >= 4 is 58.4 Å². The maximum Gasteiger partial charge on any atom is 0.248 e. The van der Waals surface area contributed by atoms with E-state index in [2.05, 4.69) is 65.9 Å². The number of phenols is 1. The van der Waals surface area contributed by atoms with Gasteiger partial charge in [-0.1, -0.05) is 43.6 Å². The van der Waals surface area contributed by atoms with Gasteiger partial charge in [0.2, 0.25) is 41.4 Å². The van der Waals surface area contributed by atoms with Crippen molar-refractivity contribution in [3.63, 3.8) is 0 Å². The van der Waals surface area contributed by atoms with E-state index >= 15 is 0 Å². The van der Waals surface area contributed by atoms with Crippen LogP contribution in [0.5, 0.6) is 11.5 Å². The molecule has 2 aromatic carbocycles. The van der Waals surface area contributed by atoms with Crippen molar-refractivity contribution in [1.29, 1.82) is 0 Å². The third-order valence-electron chi connectivity index (χ3n) is 20.1. The number of ether oxygens (including phenoxy) is 2. The number of nitrogens with one attached hydrogen (secondary N) is 5. The van der Waals surface area contributed by atoms with Crippen LogP contribution in [0.3, 0.4) is 0 Å². The molecule has 29 nitrogen and oxygen atoms in total. The van der Waals surface area contributed by atoms with Crippen molar-refractivity contribution in [3.05, 3.63) is 53.0 Å². The molecule has 524 valence electrons. The molecular formula is C65H95N11O18S. The smallest absolute Gasteiger partial charge is 0.248 e. The molecule has 3 aromatic rings. The average molecular weight is 1350 g/mol. The van der Waals surface area contributed by atoms with E-state index in [4.69, 9.17) is 15.2 Å². The molecule has 1 aromatic heterocycles. The first-order chi connectivity index (χ1) is 45.4. The molecule has 30 heteroatoms. The molecule has 9 rings (SSSR count). The molecule has 7 amide bonds. The Morgan fingerprint density at radius 2 is 1.46 bits per heavy atom. The minimum absolute atomic E-state index is 0.0142. The molecule has 14 atom stereocenters. The van der Waals surface area contributed by atoms with Crippen LogP contribution >= 0.6 is 11.3 Å². The highest BCUT2D eigenvalue weighted by molar-refractivity contribution is 7.14. The van der Waals surface area contributed by atoms with Gasteiger partial charge in [0.15, 0.2) is 11.5 Å². The maximum atomic E-state index is 14.8. The summed E-state index contributed by atoms with van der Waals surface area (Å²) in [6.07, 6.45) is -2.65. The van der Waals surface area contributed by atoms with Crippen molar-refractivity contribution in [2.75, 3.05) is 64.5 Å². The number of hydrogen-bond acceptors (Lipinski definition) is 23. The van der Waals surface area contributed by atoms with Crippen LogP contribution < -0.4 is 42.0 Å². The lowest BCUT2D eigenvalue weighted by molar-refractivity contribution is -0.147. The third kappa shape index (κ3) is 17.7. The van der Waals surface area contributed by atoms with Crippen LogP contribution in [0.4, 0.5) is 5.69 Å². The summed E-state index contributed by atoms with van der Waals surface area (Å²) in [6.45, 7) is 2.27. The number of piperidine rings is 1. The molecule has 4 aliphatic heterocycles. The molecule has 5 heterocycles. The Balaban J connectivity index is 0.916. The van der Waals surface area contributed by atoms with Gasteiger partial charge in [-0.15, -0.1) is 10.2 Å². The number of hydrogen-bond donors (Lipinski definition) is 15. The molecule has 2 aliphatic carbocycles. The zero-order valence-corrected chi connectivity index (χ0v) is 54.9. The highest BCUT2D eigenvalue weighted by Gasteiger charge is 2.50. The minimum atomic E-state index is -2.17. The number of carbonyl (C=O) groups excluding carboxylic acids is 7. The number of benzene rings is 2. The Labute approximate surface area is 555 Å². The number of aliphatic hydroxyl groups excluding tert-OH is 8. The Morgan fingerprint density at radius 1 is 0.789 bits per heavy atom. The third-order valence-corrected chi connectivity index (χ3v) is 21.2. The SMILES string of the molecule is COC1(C2CCCCC2)CCN(c2ccc(-c3nnc(C4CCC(CN[C@H]5C[C@@H](O)CNC(=O)[C@@H]6[C@@H](O)[C@@H](C)CN6C(=O)[C@H]([C@H](O)CC(N)=O)NC(=O)[C@H]([C@H](O)Cc6ccc(O)c(OC[C@@H](O)CO)c6)NC(=O)[C@@H]6C[C@@H](O)CN6C(=O)[C@H]([C@@H](C)O)NC5=O)CC4)s3)cc2)CC1. The number of methoxy groups -OCH3 is 1. The Hall–Kier alpha value is -6.71. The lowest BCUT2D eigenvalue weighted by atomic mass is 9.72. The van der Waals surface area contributed by atoms with Crippen LogP contribution in [0.15, 0.2) is 42.5 Å². The van der Waals surface area contributed by atoms with E-state index in [9.17, 15) is 79.5 Å². The number of amides is 7. The Kier molecular flexibility index (Phi) is 24.9. The maximum absolute atomic E-state index is 14.8. The molecule has 0 spiro atoms. The quantitative estimate of drug-likeness (QED) is 0.0627. The molecule has 0 bridgehead atoms. The summed E-state index contributed by atoms with van der Waals surface area (Å²) in [5, 5.41) is 123. The van der Waals surface area contributed by atoms with Gasteiger partial charge in [0, 0.05) is 75.8 Å². The summed E-state index contributed by atoms with van der Waals surface area (Å²) in [7, 11) is 1.88. The first-order valence-electron chi connectivity index (χ1n) is 33.2. The van der Waals surface area contributed by atoms with E-state index in [0.29, 0.717) is 18.8 Å². The van der Waals surface area contributed by atoms with E-state index in [1.807, 2.05) is 7.11 Å². The van der Waals surface area contributed by atoms with Crippen molar-refractivity contribution < 1.29 is 89.0 Å². The van der Waals surface area contributed by atoms with Crippen molar-refractivity contribution in [2.45, 2.75) is 201 Å². The van der Waals surface area contributed by atoms with Crippen molar-refractivity contribution in [3.8, 4) is 22.1 Å². The Bertz CT molecular complexity index is 3120. The second kappa shape index (κ2) is 32.6. The minimum Gasteiger partial charge on any atom is -0.504 e. The zero-order valence-electron chi connectivity index (χ0n) is 54.0. The standard InChI is InChI=1S/C65H95N11O18S/c1-34-30-76-55(56(34)86)60(90)68-29-42(79)25-45(67-28-36-9-12-38(13-10-36)61-72-73-62(95-61)39-14-16-41(17-15-39)74-21-19-65(93-3,20-22-74)40-7-5-4-6-8-40)57(87)69-52(35(2)78)63(91)75-31-43(80)26-46(75)58(88)70-53(59(89)71-54(64(76)92)49(84)27-51(66)85)48(83)23-37-11-18-47(82)50(24-37)94-33-44(81)32-77/h11,14-18,24,34-36,38,40,42-46,48-49,52-56,67,77-84,86H,4-10,12-13,19-23,25-33H2,1-3H3,(H2,66,85)(H,68,90)(H,69,87)(H,70,88)(H,71,89)/t34-,35+,36?,38?,42+,43+,44-,45-,46-,48+,49+,52-,53-,54-,55-,56-/m0/s1. The van der Waals surface area contributed by atoms with Gasteiger partial charge >= 0.3 is 0 Å². The normalized spacial score (nSPS) is 30.0. The number of phenolic OH excluding ortho intramolecular Hbond substituents is 1. The summed E-state index contributed by atoms with van der Waals surface area (Å²) in [6, 6.07) is 1.40. The van der Waals surface area contributed by atoms with Crippen LogP contribution in [0, 0.1) is 17.8 Å². The number of β-amino-alcohol motifs (C(OH)–C–C–N with tert-alkyl or cyclic N) is 1. The number of aliphatic hydroxyl groups is 8. The van der Waals surface area contributed by atoms with Gasteiger partial charge in [-0.2, -0.15) is 0 Å². The number of rotatable bonds is 19. The molecule has 6 fully saturated rings. The fourth-order valence-corrected chi connectivity index (χ4v) is 15.5. The van der Waals surface area contributed by atoms with Crippen LogP contribution in [-0.2, 0) is 44.7 Å². The van der Waals surface area contributed by atoms with Crippen molar-refractivity contribution in [1.82, 2.24) is 46.6 Å². The number of primary amides is 1. The lowest BCUT2D eigenvalue weighted by Crippen LogP contribution is -2.64. The first-order valence-corrected chi connectivity index (χ1v) is 34.1. The lowest BCUT2D eigenvalue weighted by Gasteiger charge is -2.47. The van der Waals surface area contributed by atoms with E-state index < -0.39 is 184 Å². The zero-order chi connectivity index (χ0) is 68.4. The number of aromatic nitrogens is 2. The first kappa shape index (κ1) is 72.6. The predicted octanol–water partition coefficient (Wildman–Crippen LogP) is -1.83. The topological polar surface area (TPSA) is 442 Å². The van der Waals surface area contributed by atoms with Gasteiger partial charge in [0.05, 0.1) is 61.3 Å². The van der Waals surface area contributed by atoms with Gasteiger partial charge in [-0.05, 0) is 125 Å². The summed E-state index contributed by atoms with van der Waals surface area (Å²) in [4.78, 5) is 104. The van der Waals surface area contributed by atoms with Crippen molar-refractivity contribution in [2.24, 2.45) is 23.5 Å². The van der Waals surface area contributed by atoms with Gasteiger partial charge in [-0.3, -0.25) is 33.6 Å². The number of aromatic hydroxyl groups is 1. The monoisotopic (exact) mass is 1350 g/mol. The summed E-state index contributed by atoms with van der Waals surface area (Å²) < 4.78 is 11.7. The molecule has 0 unspecified atom stereocenters. The predicted molar refractivity (Wildman–Crippen MR) is 344 cm³/mol. The molecule has 4 saturated heterocycles. The van der Waals surface area contributed by atoms with Gasteiger partial charge in [0.25, 0.3) is 0 Å². The van der Waals surface area contributed by atoms with Crippen LogP contribution in [0.2, 0.25) is 0 Å². The average Bonchev–Trinajstić information content (AvgIpc) is 1.78. The number of nitrogens with zero attached hydrogens (tertiary/aromatic N) is 5. The number of anilines is 1. The van der Waals surface area contributed by atoms with E-state index in [0.717, 1.165) is 75.9 Å². The van der Waals surface area contributed by atoms with E-state index in [1.54, 1.807) is 11.3 Å². The Morgan fingerprint density at radius 3 is 2.13 bits per heavy atom. The number of carbonyl (C=O) groups is 7. The summed E-state index contributed by atoms with van der Waals surface area (Å²) in [5.74, 6) is -8.51. The number of fused-ring (bicyclic) bond motifs is 2. The van der Waals surface area contributed by atoms with Gasteiger partial charge in [-0.25, -0.2) is 0 Å². The largest absolute Gasteiger partial charge is 0.504 e. The molecular weight excluding hydrogens is 1250 g/mol. The fraction of sp³-hybridized carbons (Fsp3) is 0.677.